The normalized spacial score (nSPS) is 23.5. The van der Waals surface area contributed by atoms with E-state index < -0.39 is 37.1 Å². The van der Waals surface area contributed by atoms with E-state index in [1.54, 1.807) is 24.3 Å². The summed E-state index contributed by atoms with van der Waals surface area (Å²) < 4.78 is 7.02. The fraction of sp³-hybridized carbons (Fsp3) is 0.368. The second-order valence-corrected chi connectivity index (χ2v) is 8.11. The molecule has 4 rings (SSSR count). The average molecular weight is 447 g/mol. The molecule has 0 spiro atoms. The molecule has 0 saturated carbocycles. The topological polar surface area (TPSA) is 177 Å². The van der Waals surface area contributed by atoms with E-state index in [2.05, 4.69) is 15.0 Å². The largest absolute Gasteiger partial charge is 0.478 e. The van der Waals surface area contributed by atoms with Gasteiger partial charge < -0.3 is 30.9 Å². The van der Waals surface area contributed by atoms with Crippen LogP contribution >= 0.6 is 11.8 Å². The number of nitrogens with zero attached hydrogens (tertiary/aromatic N) is 4. The predicted octanol–water partition coefficient (Wildman–Crippen LogP) is 0.0530. The van der Waals surface area contributed by atoms with E-state index in [1.165, 1.54) is 22.7 Å². The number of aromatic carboxylic acids is 1. The summed E-state index contributed by atoms with van der Waals surface area (Å²) in [5, 5.41) is 39.0. The summed E-state index contributed by atoms with van der Waals surface area (Å²) in [6.45, 7) is -0.437. The van der Waals surface area contributed by atoms with Crippen molar-refractivity contribution in [3.63, 3.8) is 0 Å². The number of carbonyl (C=O) groups is 1. The molecule has 0 aliphatic carbocycles. The van der Waals surface area contributed by atoms with Gasteiger partial charge in [0.1, 0.15) is 23.8 Å². The molecule has 1 aliphatic heterocycles. The van der Waals surface area contributed by atoms with Gasteiger partial charge in [-0.05, 0) is 24.1 Å². The van der Waals surface area contributed by atoms with Gasteiger partial charge >= 0.3 is 5.97 Å². The molecule has 11 nitrogen and oxygen atoms in total. The molecule has 1 aromatic carbocycles. The van der Waals surface area contributed by atoms with Crippen LogP contribution in [0.1, 0.15) is 22.1 Å². The maximum Gasteiger partial charge on any atom is 0.335 e. The number of ether oxygens (including phenoxy) is 1. The lowest BCUT2D eigenvalue weighted by molar-refractivity contribution is -0.0511. The Labute approximate surface area is 180 Å². The van der Waals surface area contributed by atoms with Gasteiger partial charge in [-0.25, -0.2) is 19.7 Å². The minimum absolute atomic E-state index is 0.170. The maximum atomic E-state index is 10.9. The number of anilines is 1. The lowest BCUT2D eigenvalue weighted by Crippen LogP contribution is -2.33. The van der Waals surface area contributed by atoms with E-state index in [1.807, 2.05) is 0 Å². The third-order valence-corrected chi connectivity index (χ3v) is 5.89. The number of aromatic nitrogens is 4. The zero-order chi connectivity index (χ0) is 22.1. The summed E-state index contributed by atoms with van der Waals surface area (Å²) >= 11 is 1.36. The van der Waals surface area contributed by atoms with Crippen LogP contribution < -0.4 is 5.73 Å². The Morgan fingerprint density at radius 2 is 1.94 bits per heavy atom. The number of imidazole rings is 1. The number of thioether (sulfide) groups is 1. The van der Waals surface area contributed by atoms with Crippen molar-refractivity contribution < 1.29 is 30.0 Å². The summed E-state index contributed by atoms with van der Waals surface area (Å²) in [5.74, 6) is -0.174. The summed E-state index contributed by atoms with van der Waals surface area (Å²) in [7, 11) is 0. The number of carboxylic acid groups (broad SMARTS) is 1. The van der Waals surface area contributed by atoms with Gasteiger partial charge in [0.15, 0.2) is 22.8 Å². The quantitative estimate of drug-likeness (QED) is 0.244. The number of aliphatic hydroxyl groups is 3. The monoisotopic (exact) mass is 447 g/mol. The Hall–Kier alpha value is -2.77. The van der Waals surface area contributed by atoms with Gasteiger partial charge in [-0.2, -0.15) is 0 Å². The summed E-state index contributed by atoms with van der Waals surface area (Å²) in [6.07, 6.45) is -2.34. The zero-order valence-corrected chi connectivity index (χ0v) is 17.0. The lowest BCUT2D eigenvalue weighted by atomic mass is 10.1. The number of hydrogen-bond acceptors (Lipinski definition) is 10. The van der Waals surface area contributed by atoms with Crippen LogP contribution in [-0.2, 0) is 11.2 Å². The Balaban J connectivity index is 1.50. The third-order valence-electron chi connectivity index (χ3n) is 5.04. The van der Waals surface area contributed by atoms with Gasteiger partial charge in [0, 0.05) is 5.75 Å². The molecule has 6 N–H and O–H groups in total. The number of aryl methyl sites for hydroxylation is 1. The number of carboxylic acids is 1. The molecule has 2 aromatic heterocycles. The van der Waals surface area contributed by atoms with Crippen molar-refractivity contribution in [1.29, 1.82) is 0 Å². The first-order chi connectivity index (χ1) is 14.9. The van der Waals surface area contributed by atoms with Crippen molar-refractivity contribution in [3.05, 3.63) is 41.7 Å². The van der Waals surface area contributed by atoms with E-state index in [-0.39, 0.29) is 11.4 Å². The number of nitrogen functional groups attached to an aromatic ring is 1. The van der Waals surface area contributed by atoms with Crippen LogP contribution in [0, 0.1) is 0 Å². The highest BCUT2D eigenvalue weighted by molar-refractivity contribution is 7.99. The predicted molar refractivity (Wildman–Crippen MR) is 111 cm³/mol. The fourth-order valence-corrected chi connectivity index (χ4v) is 4.19. The van der Waals surface area contributed by atoms with Crippen LogP contribution in [0.25, 0.3) is 11.2 Å². The summed E-state index contributed by atoms with van der Waals surface area (Å²) in [5.41, 5.74) is 7.91. The van der Waals surface area contributed by atoms with E-state index in [4.69, 9.17) is 15.6 Å². The molecule has 0 unspecified atom stereocenters. The van der Waals surface area contributed by atoms with Crippen molar-refractivity contribution in [1.82, 2.24) is 19.5 Å². The van der Waals surface area contributed by atoms with Crippen LogP contribution in [0.5, 0.6) is 0 Å². The van der Waals surface area contributed by atoms with Gasteiger partial charge in [0.05, 0.1) is 18.5 Å². The van der Waals surface area contributed by atoms with Crippen LogP contribution in [0.4, 0.5) is 5.82 Å². The van der Waals surface area contributed by atoms with Crippen LogP contribution in [0.15, 0.2) is 35.7 Å². The van der Waals surface area contributed by atoms with E-state index >= 15 is 0 Å². The molecular weight excluding hydrogens is 426 g/mol. The van der Waals surface area contributed by atoms with Gasteiger partial charge in [-0.15, -0.1) is 0 Å². The first-order valence-corrected chi connectivity index (χ1v) is 10.4. The molecule has 0 bridgehead atoms. The standard InChI is InChI=1S/C19H21N5O6S/c20-15-12-16(24(8-21-12)17-14(27)13(26)11(7-25)30-17)23-19(22-15)31-6-5-9-1-3-10(4-2-9)18(28)29/h1-4,8,11,13-14,17,25-27H,5-7H2,(H,28,29)(H2,20,22,23)/t11-,13-,14-,17-/m1/s1. The number of nitrogens with two attached hydrogens (primary N) is 1. The SMILES string of the molecule is Nc1nc(SCCc2ccc(C(=O)O)cc2)nc2c1ncn2[C@@H]1O[C@H](CO)[C@@H](O)[C@H]1O. The molecule has 3 heterocycles. The van der Waals surface area contributed by atoms with Gasteiger partial charge in [-0.1, -0.05) is 23.9 Å². The molecule has 164 valence electrons. The van der Waals surface area contributed by atoms with Gasteiger partial charge in [-0.3, -0.25) is 4.57 Å². The summed E-state index contributed by atoms with van der Waals surface area (Å²) in [6, 6.07) is 6.64. The molecule has 1 fully saturated rings. The fourth-order valence-electron chi connectivity index (χ4n) is 3.35. The molecule has 0 radical (unpaired) electrons. The average Bonchev–Trinajstić information content (AvgIpc) is 3.30. The van der Waals surface area contributed by atoms with E-state index in [0.29, 0.717) is 28.5 Å². The molecular formula is C19H21N5O6S. The van der Waals surface area contributed by atoms with Crippen molar-refractivity contribution in [3.8, 4) is 0 Å². The lowest BCUT2D eigenvalue weighted by Gasteiger charge is -2.16. The van der Waals surface area contributed by atoms with Crippen molar-refractivity contribution in [2.24, 2.45) is 0 Å². The van der Waals surface area contributed by atoms with Crippen molar-refractivity contribution in [2.45, 2.75) is 36.1 Å². The maximum absolute atomic E-state index is 10.9. The molecule has 12 heteroatoms. The Kier molecular flexibility index (Phi) is 6.07. The minimum atomic E-state index is -1.27. The first-order valence-electron chi connectivity index (χ1n) is 9.46. The molecule has 1 aliphatic rings. The van der Waals surface area contributed by atoms with Crippen LogP contribution in [-0.4, -0.2) is 76.6 Å². The molecule has 4 atom stereocenters. The highest BCUT2D eigenvalue weighted by Gasteiger charge is 2.44. The second-order valence-electron chi connectivity index (χ2n) is 7.04. The third kappa shape index (κ3) is 4.20. The summed E-state index contributed by atoms with van der Waals surface area (Å²) in [4.78, 5) is 23.9. The highest BCUT2D eigenvalue weighted by atomic mass is 32.2. The Bertz CT molecular complexity index is 1090. The highest BCUT2D eigenvalue weighted by Crippen LogP contribution is 2.32. The number of rotatable bonds is 7. The van der Waals surface area contributed by atoms with Crippen LogP contribution in [0.3, 0.4) is 0 Å². The number of benzene rings is 1. The number of aliphatic hydroxyl groups excluding tert-OH is 3. The Morgan fingerprint density at radius 3 is 2.58 bits per heavy atom. The van der Waals surface area contributed by atoms with Gasteiger partial charge in [0.25, 0.3) is 0 Å². The van der Waals surface area contributed by atoms with Crippen LogP contribution in [0.2, 0.25) is 0 Å². The smallest absolute Gasteiger partial charge is 0.335 e. The number of fused-ring (bicyclic) bond motifs is 1. The second kappa shape index (κ2) is 8.77. The molecule has 0 amide bonds. The van der Waals surface area contributed by atoms with Crippen molar-refractivity contribution >= 4 is 34.7 Å². The minimum Gasteiger partial charge on any atom is -0.478 e. The molecule has 1 saturated heterocycles. The Morgan fingerprint density at radius 1 is 1.19 bits per heavy atom. The molecule has 3 aromatic rings. The van der Waals surface area contributed by atoms with E-state index in [9.17, 15) is 20.1 Å². The first kappa shape index (κ1) is 21.5. The van der Waals surface area contributed by atoms with Crippen molar-refractivity contribution in [2.75, 3.05) is 18.1 Å². The molecule has 31 heavy (non-hydrogen) atoms. The van der Waals surface area contributed by atoms with E-state index in [0.717, 1.165) is 5.56 Å². The number of hydrogen-bond donors (Lipinski definition) is 5. The zero-order valence-electron chi connectivity index (χ0n) is 16.2. The van der Waals surface area contributed by atoms with Gasteiger partial charge in [0.2, 0.25) is 0 Å².